The highest BCUT2D eigenvalue weighted by molar-refractivity contribution is 7.49. The lowest BCUT2D eigenvalue weighted by atomic mass is 10.3. The molecule has 0 radical (unpaired) electrons. The minimum atomic E-state index is -4.26. The minimum absolute atomic E-state index is 0.00614. The average Bonchev–Trinajstić information content (AvgIpc) is 2.70. The van der Waals surface area contributed by atoms with Gasteiger partial charge >= 0.3 is 19.8 Å². The van der Waals surface area contributed by atoms with Gasteiger partial charge in [-0.3, -0.25) is 4.52 Å². The van der Waals surface area contributed by atoms with Gasteiger partial charge in [0.15, 0.2) is 23.0 Å². The Labute approximate surface area is 174 Å². The molecule has 0 unspecified atom stereocenters. The Balaban J connectivity index is 2.30. The molecule has 2 aromatic carbocycles. The molecule has 0 aromatic heterocycles. The van der Waals surface area contributed by atoms with E-state index in [-0.39, 0.29) is 34.1 Å². The smallest absolute Gasteiger partial charge is 0.419 e. The highest BCUT2D eigenvalue weighted by Crippen LogP contribution is 2.52. The van der Waals surface area contributed by atoms with Crippen LogP contribution in [0.1, 0.15) is 13.8 Å². The number of ether oxygens (including phenoxy) is 2. The van der Waals surface area contributed by atoms with E-state index in [0.717, 1.165) is 7.11 Å². The lowest BCUT2D eigenvalue weighted by molar-refractivity contribution is -0.131. The van der Waals surface area contributed by atoms with Crippen LogP contribution in [0.5, 0.6) is 23.0 Å². The van der Waals surface area contributed by atoms with Crippen molar-refractivity contribution < 1.29 is 37.2 Å². The van der Waals surface area contributed by atoms with E-state index in [1.807, 2.05) is 0 Å². The van der Waals surface area contributed by atoms with Crippen LogP contribution in [0.4, 0.5) is 0 Å². The zero-order valence-electron chi connectivity index (χ0n) is 16.7. The predicted octanol–water partition coefficient (Wildman–Crippen LogP) is 4.86. The van der Waals surface area contributed by atoms with Gasteiger partial charge in [0.25, 0.3) is 0 Å². The molecule has 0 aliphatic heterocycles. The molecule has 30 heavy (non-hydrogen) atoms. The van der Waals surface area contributed by atoms with E-state index < -0.39 is 19.8 Å². The summed E-state index contributed by atoms with van der Waals surface area (Å²) in [5, 5.41) is 0. The van der Waals surface area contributed by atoms with Gasteiger partial charge in [-0.15, -0.1) is 0 Å². The Morgan fingerprint density at radius 2 is 1.07 bits per heavy atom. The summed E-state index contributed by atoms with van der Waals surface area (Å²) in [6.45, 7) is 9.98. The number of phosphoric acid groups is 1. The number of hydrogen-bond donors (Lipinski definition) is 0. The molecule has 0 spiro atoms. The first kappa shape index (κ1) is 22.9. The first-order valence-electron chi connectivity index (χ1n) is 8.63. The number of carbonyl (C=O) groups excluding carboxylic acids is 2. The molecule has 0 saturated heterocycles. The van der Waals surface area contributed by atoms with E-state index >= 15 is 0 Å². The Morgan fingerprint density at radius 3 is 1.37 bits per heavy atom. The van der Waals surface area contributed by atoms with Crippen LogP contribution in [-0.2, 0) is 18.7 Å². The first-order chi connectivity index (χ1) is 14.1. The third kappa shape index (κ3) is 6.07. The maximum absolute atomic E-state index is 13.1. The van der Waals surface area contributed by atoms with Crippen molar-refractivity contribution >= 4 is 19.8 Å². The second-order valence-corrected chi connectivity index (χ2v) is 7.67. The van der Waals surface area contributed by atoms with Crippen LogP contribution in [0.3, 0.4) is 0 Å². The number of hydrogen-bond acceptors (Lipinski definition) is 8. The molecule has 0 heterocycles. The zero-order chi connectivity index (χ0) is 22.3. The fraction of sp³-hybridized carbons (Fsp3) is 0.143. The van der Waals surface area contributed by atoms with Crippen molar-refractivity contribution in [2.45, 2.75) is 13.8 Å². The summed E-state index contributed by atoms with van der Waals surface area (Å²) in [6, 6.07) is 12.1. The maximum Gasteiger partial charge on any atom is 0.587 e. The molecule has 0 fully saturated rings. The van der Waals surface area contributed by atoms with Crippen molar-refractivity contribution in [1.29, 1.82) is 0 Å². The quantitative estimate of drug-likeness (QED) is 0.240. The Morgan fingerprint density at radius 1 is 0.733 bits per heavy atom. The van der Waals surface area contributed by atoms with Crippen molar-refractivity contribution in [3.8, 4) is 23.0 Å². The van der Waals surface area contributed by atoms with Gasteiger partial charge in [0.2, 0.25) is 0 Å². The summed E-state index contributed by atoms with van der Waals surface area (Å²) in [4.78, 5) is 23.7. The Hall–Kier alpha value is -3.35. The zero-order valence-corrected chi connectivity index (χ0v) is 17.6. The largest absolute Gasteiger partial charge is 0.587 e. The summed E-state index contributed by atoms with van der Waals surface area (Å²) in [5.41, 5.74) is 0.341. The molecule has 2 aromatic rings. The minimum Gasteiger partial charge on any atom is -0.419 e. The standard InChI is InChI=1S/C21H21O8P/c1-14(2)20(22)26-16-10-6-8-12-18(16)28-30(24,25-5)29-19-13-9-7-11-17(19)27-21(23)15(3)4/h6-13H,1,3H2,2,4-5H3. The highest BCUT2D eigenvalue weighted by atomic mass is 31.2. The molecular formula is C21H21O8P. The van der Waals surface area contributed by atoms with Gasteiger partial charge in [0.1, 0.15) is 0 Å². The van der Waals surface area contributed by atoms with Gasteiger partial charge in [0.05, 0.1) is 0 Å². The van der Waals surface area contributed by atoms with Crippen LogP contribution < -0.4 is 18.5 Å². The number of benzene rings is 2. The summed E-state index contributed by atoms with van der Waals surface area (Å²) in [7, 11) is -3.14. The number of para-hydroxylation sites is 4. The Kier molecular flexibility index (Phi) is 7.58. The van der Waals surface area contributed by atoms with Gasteiger partial charge < -0.3 is 18.5 Å². The van der Waals surface area contributed by atoms with Crippen LogP contribution in [0.15, 0.2) is 72.8 Å². The summed E-state index contributed by atoms with van der Waals surface area (Å²) in [5.74, 6) is -1.50. The van der Waals surface area contributed by atoms with Crippen LogP contribution in [0.25, 0.3) is 0 Å². The SMILES string of the molecule is C=C(C)C(=O)Oc1ccccc1OP(=O)(OC)Oc1ccccc1OC(=O)C(=C)C. The van der Waals surface area contributed by atoms with Crippen LogP contribution in [0, 0.1) is 0 Å². The number of carbonyl (C=O) groups is 2. The fourth-order valence-corrected chi connectivity index (χ4v) is 2.90. The molecule has 0 atom stereocenters. The molecule has 0 bridgehead atoms. The van der Waals surface area contributed by atoms with Crippen LogP contribution in [0.2, 0.25) is 0 Å². The van der Waals surface area contributed by atoms with E-state index in [9.17, 15) is 14.2 Å². The third-order valence-electron chi connectivity index (χ3n) is 3.44. The summed E-state index contributed by atoms with van der Waals surface area (Å²) >= 11 is 0. The van der Waals surface area contributed by atoms with Gasteiger partial charge in [0, 0.05) is 18.3 Å². The van der Waals surface area contributed by atoms with E-state index in [2.05, 4.69) is 13.2 Å². The number of phosphoric ester groups is 1. The van der Waals surface area contributed by atoms with Crippen LogP contribution in [-0.4, -0.2) is 19.0 Å². The molecule has 8 nitrogen and oxygen atoms in total. The van der Waals surface area contributed by atoms with Crippen molar-refractivity contribution in [1.82, 2.24) is 0 Å². The topological polar surface area (TPSA) is 97.4 Å². The molecular weight excluding hydrogens is 411 g/mol. The fourth-order valence-electron chi connectivity index (χ4n) is 1.93. The third-order valence-corrected chi connectivity index (χ3v) is 4.73. The predicted molar refractivity (Wildman–Crippen MR) is 110 cm³/mol. The lowest BCUT2D eigenvalue weighted by Crippen LogP contribution is -2.11. The van der Waals surface area contributed by atoms with Crippen molar-refractivity contribution in [3.63, 3.8) is 0 Å². The summed E-state index contributed by atoms with van der Waals surface area (Å²) in [6.07, 6.45) is 0. The summed E-state index contributed by atoms with van der Waals surface area (Å²) < 4.78 is 39.2. The molecule has 0 aliphatic rings. The van der Waals surface area contributed by atoms with Crippen molar-refractivity contribution in [3.05, 3.63) is 72.8 Å². The highest BCUT2D eigenvalue weighted by Gasteiger charge is 2.32. The van der Waals surface area contributed by atoms with Crippen molar-refractivity contribution in [2.24, 2.45) is 0 Å². The molecule has 0 N–H and O–H groups in total. The van der Waals surface area contributed by atoms with Gasteiger partial charge in [-0.25, -0.2) is 14.2 Å². The van der Waals surface area contributed by atoms with Crippen molar-refractivity contribution in [2.75, 3.05) is 7.11 Å². The van der Waals surface area contributed by atoms with E-state index in [0.29, 0.717) is 0 Å². The molecule has 0 amide bonds. The molecule has 0 aliphatic carbocycles. The first-order valence-corrected chi connectivity index (χ1v) is 10.1. The second-order valence-electron chi connectivity index (χ2n) is 6.05. The normalized spacial score (nSPS) is 10.6. The lowest BCUT2D eigenvalue weighted by Gasteiger charge is -2.19. The van der Waals surface area contributed by atoms with Gasteiger partial charge in [-0.2, -0.15) is 0 Å². The molecule has 9 heteroatoms. The molecule has 2 rings (SSSR count). The van der Waals surface area contributed by atoms with Crippen LogP contribution >= 0.6 is 7.82 Å². The van der Waals surface area contributed by atoms with Gasteiger partial charge in [-0.1, -0.05) is 37.4 Å². The molecule has 0 saturated carbocycles. The average molecular weight is 432 g/mol. The monoisotopic (exact) mass is 432 g/mol. The van der Waals surface area contributed by atoms with E-state index in [1.54, 1.807) is 24.3 Å². The second kappa shape index (κ2) is 9.91. The number of rotatable bonds is 9. The van der Waals surface area contributed by atoms with Gasteiger partial charge in [-0.05, 0) is 38.1 Å². The maximum atomic E-state index is 13.1. The number of esters is 2. The molecule has 158 valence electrons. The van der Waals surface area contributed by atoms with E-state index in [1.165, 1.54) is 38.1 Å². The van der Waals surface area contributed by atoms with E-state index in [4.69, 9.17) is 23.0 Å². The Bertz CT molecular complexity index is 950.